The number of amides is 2. The second kappa shape index (κ2) is 8.22. The van der Waals surface area contributed by atoms with Crippen LogP contribution >= 0.6 is 0 Å². The van der Waals surface area contributed by atoms with Crippen molar-refractivity contribution in [3.63, 3.8) is 0 Å². The third-order valence-corrected chi connectivity index (χ3v) is 4.24. The molecule has 1 saturated heterocycles. The topological polar surface area (TPSA) is 67.4 Å². The van der Waals surface area contributed by atoms with E-state index in [2.05, 4.69) is 5.32 Å². The van der Waals surface area contributed by atoms with Gasteiger partial charge in [0.15, 0.2) is 0 Å². The fraction of sp³-hybridized carbons (Fsp3) is 0.263. The third-order valence-electron chi connectivity index (χ3n) is 4.24. The quantitative estimate of drug-likeness (QED) is 0.804. The van der Waals surface area contributed by atoms with E-state index in [4.69, 9.17) is 4.74 Å². The predicted octanol–water partition coefficient (Wildman–Crippen LogP) is 3.08. The van der Waals surface area contributed by atoms with Gasteiger partial charge in [-0.15, -0.1) is 0 Å². The van der Waals surface area contributed by atoms with Crippen molar-refractivity contribution in [1.29, 1.82) is 0 Å². The van der Waals surface area contributed by atoms with Gasteiger partial charge in [-0.25, -0.2) is 13.2 Å². The van der Waals surface area contributed by atoms with Crippen LogP contribution in [0.15, 0.2) is 42.5 Å². The van der Waals surface area contributed by atoms with E-state index in [1.807, 2.05) is 5.32 Å². The zero-order chi connectivity index (χ0) is 19.4. The summed E-state index contributed by atoms with van der Waals surface area (Å²) in [6.45, 7) is 0.513. The van der Waals surface area contributed by atoms with Crippen LogP contribution < -0.4 is 10.6 Å². The van der Waals surface area contributed by atoms with Crippen LogP contribution in [0, 0.1) is 17.5 Å². The number of benzene rings is 2. The molecule has 0 bridgehead atoms. The van der Waals surface area contributed by atoms with E-state index < -0.39 is 41.0 Å². The van der Waals surface area contributed by atoms with E-state index in [1.165, 1.54) is 24.3 Å². The highest BCUT2D eigenvalue weighted by Crippen LogP contribution is 2.27. The van der Waals surface area contributed by atoms with E-state index in [0.717, 1.165) is 24.6 Å². The second-order valence-electron chi connectivity index (χ2n) is 6.13. The van der Waals surface area contributed by atoms with Crippen molar-refractivity contribution in [2.75, 3.05) is 11.9 Å². The second-order valence-corrected chi connectivity index (χ2v) is 6.13. The molecule has 8 heteroatoms. The summed E-state index contributed by atoms with van der Waals surface area (Å²) in [7, 11) is 0. The third kappa shape index (κ3) is 4.65. The molecule has 0 radical (unpaired) electrons. The fourth-order valence-corrected chi connectivity index (χ4v) is 2.91. The average molecular weight is 378 g/mol. The molecule has 2 aromatic carbocycles. The minimum atomic E-state index is -1.15. The Balaban J connectivity index is 1.74. The van der Waals surface area contributed by atoms with Gasteiger partial charge in [-0.2, -0.15) is 0 Å². The molecule has 142 valence electrons. The Kier molecular flexibility index (Phi) is 5.75. The van der Waals surface area contributed by atoms with Crippen LogP contribution in [0.25, 0.3) is 0 Å². The fourth-order valence-electron chi connectivity index (χ4n) is 2.91. The van der Waals surface area contributed by atoms with Gasteiger partial charge in [0.05, 0.1) is 17.8 Å². The largest absolute Gasteiger partial charge is 0.376 e. The van der Waals surface area contributed by atoms with Crippen LogP contribution in [0.2, 0.25) is 0 Å². The lowest BCUT2D eigenvalue weighted by molar-refractivity contribution is -0.137. The summed E-state index contributed by atoms with van der Waals surface area (Å²) in [6, 6.07) is 7.31. The van der Waals surface area contributed by atoms with Gasteiger partial charge in [-0.3, -0.25) is 9.59 Å². The highest BCUT2D eigenvalue weighted by atomic mass is 19.1. The van der Waals surface area contributed by atoms with Gasteiger partial charge in [0.2, 0.25) is 0 Å². The van der Waals surface area contributed by atoms with Gasteiger partial charge < -0.3 is 15.4 Å². The van der Waals surface area contributed by atoms with E-state index in [9.17, 15) is 22.8 Å². The molecule has 1 fully saturated rings. The summed E-state index contributed by atoms with van der Waals surface area (Å²) < 4.78 is 45.6. The first kappa shape index (κ1) is 18.9. The minimum Gasteiger partial charge on any atom is -0.376 e. The summed E-state index contributed by atoms with van der Waals surface area (Å²) in [5.41, 5.74) is 0.131. The molecule has 2 N–H and O–H groups in total. The summed E-state index contributed by atoms with van der Waals surface area (Å²) in [5, 5.41) is 4.57. The maximum atomic E-state index is 13.6. The lowest BCUT2D eigenvalue weighted by atomic mass is 9.99. The molecule has 1 aliphatic rings. The first-order valence-corrected chi connectivity index (χ1v) is 8.38. The van der Waals surface area contributed by atoms with E-state index >= 15 is 0 Å². The zero-order valence-electron chi connectivity index (χ0n) is 14.2. The number of nitrogens with one attached hydrogen (secondary N) is 2. The summed E-state index contributed by atoms with van der Waals surface area (Å²) in [4.78, 5) is 24.4. The molecule has 0 saturated carbocycles. The first-order chi connectivity index (χ1) is 12.9. The van der Waals surface area contributed by atoms with Crippen LogP contribution in [0.5, 0.6) is 0 Å². The van der Waals surface area contributed by atoms with Crippen LogP contribution in [0.3, 0.4) is 0 Å². The van der Waals surface area contributed by atoms with Crippen molar-refractivity contribution < 1.29 is 27.5 Å². The molecular weight excluding hydrogens is 361 g/mol. The molecule has 0 unspecified atom stereocenters. The van der Waals surface area contributed by atoms with Crippen LogP contribution in [0.1, 0.15) is 24.4 Å². The van der Waals surface area contributed by atoms with Gasteiger partial charge in [0, 0.05) is 12.7 Å². The number of hydrogen-bond acceptors (Lipinski definition) is 3. The Bertz CT molecular complexity index is 837. The Hall–Kier alpha value is -2.87. The van der Waals surface area contributed by atoms with E-state index in [0.29, 0.717) is 18.6 Å². The molecule has 1 aliphatic heterocycles. The number of carbonyl (C=O) groups is 2. The highest BCUT2D eigenvalue weighted by Gasteiger charge is 2.30. The average Bonchev–Trinajstić information content (AvgIpc) is 3.18. The number of rotatable bonds is 4. The maximum Gasteiger partial charge on any atom is 0.313 e. The molecule has 3 rings (SSSR count). The smallest absolute Gasteiger partial charge is 0.313 e. The Morgan fingerprint density at radius 1 is 1.00 bits per heavy atom. The van der Waals surface area contributed by atoms with Gasteiger partial charge in [0.1, 0.15) is 17.5 Å². The molecule has 2 atom stereocenters. The summed E-state index contributed by atoms with van der Waals surface area (Å²) >= 11 is 0. The Morgan fingerprint density at radius 3 is 2.37 bits per heavy atom. The van der Waals surface area contributed by atoms with Crippen LogP contribution in [-0.4, -0.2) is 24.5 Å². The van der Waals surface area contributed by atoms with E-state index in [-0.39, 0.29) is 6.10 Å². The molecule has 2 amide bonds. The van der Waals surface area contributed by atoms with Crippen LogP contribution in [-0.2, 0) is 14.3 Å². The molecule has 5 nitrogen and oxygen atoms in total. The molecule has 2 aromatic rings. The number of halogens is 3. The SMILES string of the molecule is O=C(Nc1cc(F)ccc1F)C(=O)N[C@@H](c1ccc(F)cc1)[C@H]1CCCO1. The molecule has 1 heterocycles. The van der Waals surface area contributed by atoms with Gasteiger partial charge in [-0.1, -0.05) is 12.1 Å². The molecule has 0 spiro atoms. The van der Waals surface area contributed by atoms with Crippen LogP contribution in [0.4, 0.5) is 18.9 Å². The first-order valence-electron chi connectivity index (χ1n) is 8.38. The van der Waals surface area contributed by atoms with Crippen molar-refractivity contribution in [2.24, 2.45) is 0 Å². The molecule has 27 heavy (non-hydrogen) atoms. The van der Waals surface area contributed by atoms with E-state index in [1.54, 1.807) is 0 Å². The minimum absolute atomic E-state index is 0.377. The monoisotopic (exact) mass is 378 g/mol. The standard InChI is InChI=1S/C19H17F3N2O3/c20-12-5-3-11(4-6-12)17(16-2-1-9-27-16)24-19(26)18(25)23-15-10-13(21)7-8-14(15)22/h3-8,10,16-17H,1-2,9H2,(H,23,25)(H,24,26)/t16-,17+/m1/s1. The van der Waals surface area contributed by atoms with Crippen molar-refractivity contribution in [1.82, 2.24) is 5.32 Å². The number of ether oxygens (including phenoxy) is 1. The van der Waals surface area contributed by atoms with Crippen molar-refractivity contribution >= 4 is 17.5 Å². The molecule has 0 aliphatic carbocycles. The Morgan fingerprint density at radius 2 is 1.70 bits per heavy atom. The predicted molar refractivity (Wildman–Crippen MR) is 91.2 cm³/mol. The molecular formula is C19H17F3N2O3. The van der Waals surface area contributed by atoms with Crippen molar-refractivity contribution in [3.05, 3.63) is 65.5 Å². The number of anilines is 1. The summed E-state index contributed by atoms with van der Waals surface area (Å²) in [6.07, 6.45) is 1.07. The lowest BCUT2D eigenvalue weighted by Gasteiger charge is -2.24. The zero-order valence-corrected chi connectivity index (χ0v) is 14.2. The summed E-state index contributed by atoms with van der Waals surface area (Å²) in [5.74, 6) is -4.24. The van der Waals surface area contributed by atoms with Gasteiger partial charge >= 0.3 is 11.8 Å². The van der Waals surface area contributed by atoms with Crippen molar-refractivity contribution in [2.45, 2.75) is 25.0 Å². The maximum absolute atomic E-state index is 13.6. The highest BCUT2D eigenvalue weighted by molar-refractivity contribution is 6.39. The molecule has 0 aromatic heterocycles. The van der Waals surface area contributed by atoms with Crippen molar-refractivity contribution in [3.8, 4) is 0 Å². The van der Waals surface area contributed by atoms with Gasteiger partial charge in [0.25, 0.3) is 0 Å². The normalized spacial score (nSPS) is 17.4. The Labute approximate surface area is 153 Å². The number of hydrogen-bond donors (Lipinski definition) is 2. The van der Waals surface area contributed by atoms with Gasteiger partial charge in [-0.05, 0) is 42.7 Å². The number of carbonyl (C=O) groups excluding carboxylic acids is 2. The lowest BCUT2D eigenvalue weighted by Crippen LogP contribution is -2.42.